The van der Waals surface area contributed by atoms with E-state index in [4.69, 9.17) is 10.5 Å². The maximum Gasteiger partial charge on any atom is 0.127 e. The van der Waals surface area contributed by atoms with Crippen molar-refractivity contribution in [2.75, 3.05) is 12.3 Å². The van der Waals surface area contributed by atoms with Crippen LogP contribution in [0, 0.1) is 5.92 Å². The predicted octanol–water partition coefficient (Wildman–Crippen LogP) is 4.24. The molecule has 0 amide bonds. The van der Waals surface area contributed by atoms with Crippen molar-refractivity contribution in [3.8, 4) is 5.75 Å². The molecule has 0 bridgehead atoms. The summed E-state index contributed by atoms with van der Waals surface area (Å²) in [5.41, 5.74) is 6.78. The SMILES string of the molecule is CCC(CC)COc1ccc(N)c2ccccc12. The molecule has 0 fully saturated rings. The average Bonchev–Trinajstić information content (AvgIpc) is 2.42. The summed E-state index contributed by atoms with van der Waals surface area (Å²) in [6.07, 6.45) is 2.31. The Bertz CT molecular complexity index is 517. The quantitative estimate of drug-likeness (QED) is 0.797. The number of hydrogen-bond acceptors (Lipinski definition) is 2. The van der Waals surface area contributed by atoms with Crippen molar-refractivity contribution in [2.24, 2.45) is 5.92 Å². The molecule has 2 aromatic carbocycles. The van der Waals surface area contributed by atoms with Gasteiger partial charge < -0.3 is 10.5 Å². The summed E-state index contributed by atoms with van der Waals surface area (Å²) >= 11 is 0. The third-order valence-corrected chi connectivity index (χ3v) is 3.55. The minimum Gasteiger partial charge on any atom is -0.493 e. The van der Waals surface area contributed by atoms with E-state index < -0.39 is 0 Å². The number of anilines is 1. The first-order chi connectivity index (χ1) is 8.76. The van der Waals surface area contributed by atoms with Crippen molar-refractivity contribution < 1.29 is 4.74 Å². The number of hydrogen-bond donors (Lipinski definition) is 1. The summed E-state index contributed by atoms with van der Waals surface area (Å²) in [5.74, 6) is 1.56. The van der Waals surface area contributed by atoms with E-state index in [1.165, 1.54) is 0 Å². The summed E-state index contributed by atoms with van der Waals surface area (Å²) < 4.78 is 5.96. The van der Waals surface area contributed by atoms with Gasteiger partial charge in [-0.2, -0.15) is 0 Å². The molecular weight excluding hydrogens is 222 g/mol. The average molecular weight is 243 g/mol. The van der Waals surface area contributed by atoms with Gasteiger partial charge in [-0.25, -0.2) is 0 Å². The molecule has 18 heavy (non-hydrogen) atoms. The first-order valence-corrected chi connectivity index (χ1v) is 6.66. The maximum absolute atomic E-state index is 5.98. The highest BCUT2D eigenvalue weighted by Crippen LogP contribution is 2.30. The number of rotatable bonds is 5. The van der Waals surface area contributed by atoms with E-state index in [1.54, 1.807) is 0 Å². The topological polar surface area (TPSA) is 35.2 Å². The lowest BCUT2D eigenvalue weighted by atomic mass is 10.0. The van der Waals surface area contributed by atoms with E-state index in [-0.39, 0.29) is 0 Å². The van der Waals surface area contributed by atoms with E-state index in [0.29, 0.717) is 5.92 Å². The molecule has 0 aromatic heterocycles. The van der Waals surface area contributed by atoms with Crippen molar-refractivity contribution in [2.45, 2.75) is 26.7 Å². The third-order valence-electron chi connectivity index (χ3n) is 3.55. The number of nitrogens with two attached hydrogens (primary N) is 1. The second kappa shape index (κ2) is 5.76. The van der Waals surface area contributed by atoms with Crippen molar-refractivity contribution in [1.29, 1.82) is 0 Å². The molecule has 2 aromatic rings. The molecule has 0 radical (unpaired) electrons. The zero-order valence-electron chi connectivity index (χ0n) is 11.1. The van der Waals surface area contributed by atoms with Crippen LogP contribution in [-0.2, 0) is 0 Å². The van der Waals surface area contributed by atoms with Gasteiger partial charge in [-0.3, -0.25) is 0 Å². The van der Waals surface area contributed by atoms with Crippen molar-refractivity contribution in [3.05, 3.63) is 36.4 Å². The smallest absolute Gasteiger partial charge is 0.127 e. The minimum absolute atomic E-state index is 0.626. The molecule has 2 heteroatoms. The monoisotopic (exact) mass is 243 g/mol. The van der Waals surface area contributed by atoms with Gasteiger partial charge in [0.1, 0.15) is 5.75 Å². The molecule has 2 rings (SSSR count). The fraction of sp³-hybridized carbons (Fsp3) is 0.375. The molecule has 0 aliphatic heterocycles. The minimum atomic E-state index is 0.626. The standard InChI is InChI=1S/C16H21NO/c1-3-12(4-2)11-18-16-10-9-15(17)13-7-5-6-8-14(13)16/h5-10,12H,3-4,11,17H2,1-2H3. The molecule has 0 spiro atoms. The van der Waals surface area contributed by atoms with E-state index in [2.05, 4.69) is 19.9 Å². The van der Waals surface area contributed by atoms with E-state index in [0.717, 1.165) is 41.7 Å². The number of fused-ring (bicyclic) bond motifs is 1. The second-order valence-electron chi connectivity index (χ2n) is 4.69. The van der Waals surface area contributed by atoms with Crippen molar-refractivity contribution in [1.82, 2.24) is 0 Å². The molecule has 0 saturated heterocycles. The van der Waals surface area contributed by atoms with Gasteiger partial charge >= 0.3 is 0 Å². The maximum atomic E-state index is 5.98. The second-order valence-corrected chi connectivity index (χ2v) is 4.69. The van der Waals surface area contributed by atoms with Crippen LogP contribution in [0.5, 0.6) is 5.75 Å². The number of nitrogen functional groups attached to an aromatic ring is 1. The van der Waals surface area contributed by atoms with E-state index in [1.807, 2.05) is 30.3 Å². The summed E-state index contributed by atoms with van der Waals surface area (Å²) in [7, 11) is 0. The Hall–Kier alpha value is -1.70. The first-order valence-electron chi connectivity index (χ1n) is 6.66. The Kier molecular flexibility index (Phi) is 4.08. The van der Waals surface area contributed by atoms with Crippen LogP contribution in [0.1, 0.15) is 26.7 Å². The zero-order chi connectivity index (χ0) is 13.0. The zero-order valence-corrected chi connectivity index (χ0v) is 11.1. The van der Waals surface area contributed by atoms with Gasteiger partial charge in [0.25, 0.3) is 0 Å². The van der Waals surface area contributed by atoms with Crippen LogP contribution in [0.4, 0.5) is 5.69 Å². The molecular formula is C16H21NO. The lowest BCUT2D eigenvalue weighted by Crippen LogP contribution is -2.10. The molecule has 2 N–H and O–H groups in total. The Morgan fingerprint density at radius 2 is 1.67 bits per heavy atom. The van der Waals surface area contributed by atoms with Crippen LogP contribution in [0.25, 0.3) is 10.8 Å². The van der Waals surface area contributed by atoms with Gasteiger partial charge in [-0.1, -0.05) is 51.0 Å². The highest BCUT2D eigenvalue weighted by atomic mass is 16.5. The Morgan fingerprint density at radius 3 is 2.33 bits per heavy atom. The van der Waals surface area contributed by atoms with Crippen LogP contribution >= 0.6 is 0 Å². The number of ether oxygens (including phenoxy) is 1. The van der Waals surface area contributed by atoms with Crippen LogP contribution in [0.3, 0.4) is 0 Å². The van der Waals surface area contributed by atoms with Gasteiger partial charge in [-0.05, 0) is 18.1 Å². The Morgan fingerprint density at radius 1 is 1.00 bits per heavy atom. The molecule has 0 aliphatic rings. The first kappa shape index (κ1) is 12.7. The van der Waals surface area contributed by atoms with E-state index in [9.17, 15) is 0 Å². The van der Waals surface area contributed by atoms with Gasteiger partial charge in [0, 0.05) is 16.5 Å². The highest BCUT2D eigenvalue weighted by molar-refractivity contribution is 5.96. The highest BCUT2D eigenvalue weighted by Gasteiger charge is 2.08. The van der Waals surface area contributed by atoms with Gasteiger partial charge in [0.2, 0.25) is 0 Å². The molecule has 0 atom stereocenters. The summed E-state index contributed by atoms with van der Waals surface area (Å²) in [4.78, 5) is 0. The Labute approximate surface area is 109 Å². The van der Waals surface area contributed by atoms with E-state index >= 15 is 0 Å². The van der Waals surface area contributed by atoms with Crippen LogP contribution in [-0.4, -0.2) is 6.61 Å². The van der Waals surface area contributed by atoms with Crippen LogP contribution in [0.2, 0.25) is 0 Å². The number of benzene rings is 2. The fourth-order valence-corrected chi connectivity index (χ4v) is 2.15. The van der Waals surface area contributed by atoms with Crippen molar-refractivity contribution >= 4 is 16.5 Å². The largest absolute Gasteiger partial charge is 0.493 e. The predicted molar refractivity (Wildman–Crippen MR) is 77.9 cm³/mol. The molecule has 2 nitrogen and oxygen atoms in total. The summed E-state index contributed by atoms with van der Waals surface area (Å²) in [6, 6.07) is 12.0. The normalized spacial score (nSPS) is 11.1. The fourth-order valence-electron chi connectivity index (χ4n) is 2.15. The van der Waals surface area contributed by atoms with Gasteiger partial charge in [-0.15, -0.1) is 0 Å². The lowest BCUT2D eigenvalue weighted by molar-refractivity contribution is 0.243. The van der Waals surface area contributed by atoms with Gasteiger partial charge in [0.05, 0.1) is 6.61 Å². The molecule has 96 valence electrons. The molecule has 0 unspecified atom stereocenters. The summed E-state index contributed by atoms with van der Waals surface area (Å²) in [6.45, 7) is 5.19. The lowest BCUT2D eigenvalue weighted by Gasteiger charge is -2.15. The van der Waals surface area contributed by atoms with Crippen molar-refractivity contribution in [3.63, 3.8) is 0 Å². The summed E-state index contributed by atoms with van der Waals surface area (Å²) in [5, 5.41) is 2.17. The molecule has 0 saturated carbocycles. The molecule has 0 aliphatic carbocycles. The van der Waals surface area contributed by atoms with Gasteiger partial charge in [0.15, 0.2) is 0 Å². The molecule has 0 heterocycles. The van der Waals surface area contributed by atoms with Crippen LogP contribution in [0.15, 0.2) is 36.4 Å². The third kappa shape index (κ3) is 2.58. The Balaban J connectivity index is 2.26. The van der Waals surface area contributed by atoms with Crippen LogP contribution < -0.4 is 10.5 Å².